The third-order valence-electron chi connectivity index (χ3n) is 3.38. The minimum absolute atomic E-state index is 0.154. The van der Waals surface area contributed by atoms with E-state index in [1.807, 2.05) is 0 Å². The van der Waals surface area contributed by atoms with Crippen LogP contribution >= 0.6 is 0 Å². The Morgan fingerprint density at radius 3 is 2.57 bits per heavy atom. The number of carbonyl (C=O) groups is 1. The van der Waals surface area contributed by atoms with Gasteiger partial charge in [-0.25, -0.2) is 0 Å². The van der Waals surface area contributed by atoms with E-state index in [4.69, 9.17) is 10.8 Å². The smallest absolute Gasteiger partial charge is 0.306 e. The van der Waals surface area contributed by atoms with Crippen molar-refractivity contribution in [1.29, 1.82) is 0 Å². The predicted octanol–water partition coefficient (Wildman–Crippen LogP) is 1.86. The summed E-state index contributed by atoms with van der Waals surface area (Å²) in [7, 11) is 0. The van der Waals surface area contributed by atoms with Gasteiger partial charge in [-0.1, -0.05) is 20.3 Å². The summed E-state index contributed by atoms with van der Waals surface area (Å²) in [6, 6.07) is 0.164. The molecule has 1 aliphatic rings. The summed E-state index contributed by atoms with van der Waals surface area (Å²) >= 11 is 0. The molecule has 0 aromatic carbocycles. The van der Waals surface area contributed by atoms with Gasteiger partial charge in [0.15, 0.2) is 0 Å². The first-order valence-electron chi connectivity index (χ1n) is 5.50. The Morgan fingerprint density at radius 1 is 1.43 bits per heavy atom. The van der Waals surface area contributed by atoms with Gasteiger partial charge in [0.1, 0.15) is 0 Å². The number of hydrogen-bond acceptors (Lipinski definition) is 2. The Bertz CT molecular complexity index is 203. The zero-order valence-corrected chi connectivity index (χ0v) is 9.07. The van der Waals surface area contributed by atoms with Gasteiger partial charge >= 0.3 is 5.97 Å². The molecule has 1 fully saturated rings. The molecule has 0 aromatic heterocycles. The second-order valence-electron chi connectivity index (χ2n) is 4.78. The lowest BCUT2D eigenvalue weighted by Gasteiger charge is -2.32. The Labute approximate surface area is 85.7 Å². The molecule has 0 spiro atoms. The summed E-state index contributed by atoms with van der Waals surface area (Å²) in [5, 5.41) is 8.94. The Balaban J connectivity index is 2.51. The van der Waals surface area contributed by atoms with Crippen LogP contribution in [0.4, 0.5) is 0 Å². The van der Waals surface area contributed by atoms with Gasteiger partial charge in [0, 0.05) is 6.04 Å². The topological polar surface area (TPSA) is 63.3 Å². The SMILES string of the molecule is CC(C)C(N)C1CCCC(C(=O)O)C1. The van der Waals surface area contributed by atoms with Crippen molar-refractivity contribution in [3.05, 3.63) is 0 Å². The summed E-state index contributed by atoms with van der Waals surface area (Å²) in [5.41, 5.74) is 6.06. The molecule has 0 bridgehead atoms. The molecule has 3 atom stereocenters. The van der Waals surface area contributed by atoms with Gasteiger partial charge in [-0.2, -0.15) is 0 Å². The van der Waals surface area contributed by atoms with Crippen molar-refractivity contribution in [3.63, 3.8) is 0 Å². The molecular weight excluding hydrogens is 178 g/mol. The van der Waals surface area contributed by atoms with Crippen LogP contribution in [0.2, 0.25) is 0 Å². The first-order chi connectivity index (χ1) is 6.52. The molecule has 0 aromatic rings. The fourth-order valence-corrected chi connectivity index (χ4v) is 2.35. The van der Waals surface area contributed by atoms with Gasteiger partial charge in [0.25, 0.3) is 0 Å². The van der Waals surface area contributed by atoms with Crippen molar-refractivity contribution < 1.29 is 9.90 Å². The molecule has 3 unspecified atom stereocenters. The monoisotopic (exact) mass is 199 g/mol. The summed E-state index contributed by atoms with van der Waals surface area (Å²) in [6.45, 7) is 4.21. The lowest BCUT2D eigenvalue weighted by Crippen LogP contribution is -2.39. The number of rotatable bonds is 3. The average Bonchev–Trinajstić information content (AvgIpc) is 2.16. The van der Waals surface area contributed by atoms with Gasteiger partial charge in [0.05, 0.1) is 5.92 Å². The molecule has 3 N–H and O–H groups in total. The van der Waals surface area contributed by atoms with Crippen LogP contribution in [0.3, 0.4) is 0 Å². The van der Waals surface area contributed by atoms with Crippen molar-refractivity contribution in [1.82, 2.24) is 0 Å². The number of carboxylic acids is 1. The predicted molar refractivity (Wildman–Crippen MR) is 55.9 cm³/mol. The van der Waals surface area contributed by atoms with Crippen LogP contribution in [-0.4, -0.2) is 17.1 Å². The maximum atomic E-state index is 10.9. The quantitative estimate of drug-likeness (QED) is 0.729. The van der Waals surface area contributed by atoms with Crippen LogP contribution in [-0.2, 0) is 4.79 Å². The Morgan fingerprint density at radius 2 is 2.07 bits per heavy atom. The van der Waals surface area contributed by atoms with Crippen LogP contribution in [0.15, 0.2) is 0 Å². The Kier molecular flexibility index (Phi) is 3.93. The lowest BCUT2D eigenvalue weighted by atomic mass is 9.75. The summed E-state index contributed by atoms with van der Waals surface area (Å²) < 4.78 is 0. The van der Waals surface area contributed by atoms with E-state index in [2.05, 4.69) is 13.8 Å². The van der Waals surface area contributed by atoms with Gasteiger partial charge < -0.3 is 10.8 Å². The van der Waals surface area contributed by atoms with Crippen molar-refractivity contribution in [2.24, 2.45) is 23.5 Å². The van der Waals surface area contributed by atoms with Gasteiger partial charge in [-0.05, 0) is 31.1 Å². The second kappa shape index (κ2) is 4.78. The van der Waals surface area contributed by atoms with Crippen LogP contribution < -0.4 is 5.73 Å². The van der Waals surface area contributed by atoms with E-state index in [0.29, 0.717) is 11.8 Å². The van der Waals surface area contributed by atoms with Gasteiger partial charge in [-0.15, -0.1) is 0 Å². The highest BCUT2D eigenvalue weighted by Gasteiger charge is 2.31. The highest BCUT2D eigenvalue weighted by molar-refractivity contribution is 5.70. The maximum Gasteiger partial charge on any atom is 0.306 e. The summed E-state index contributed by atoms with van der Waals surface area (Å²) in [5.74, 6) is 0.0570. The van der Waals surface area contributed by atoms with Gasteiger partial charge in [-0.3, -0.25) is 4.79 Å². The molecule has 0 radical (unpaired) electrons. The first kappa shape index (κ1) is 11.5. The molecule has 82 valence electrons. The number of aliphatic carboxylic acids is 1. The van der Waals surface area contributed by atoms with Crippen LogP contribution in [0.25, 0.3) is 0 Å². The third kappa shape index (κ3) is 2.71. The fourth-order valence-electron chi connectivity index (χ4n) is 2.35. The molecule has 3 nitrogen and oxygen atoms in total. The van der Waals surface area contributed by atoms with E-state index in [1.54, 1.807) is 0 Å². The minimum atomic E-state index is -0.648. The van der Waals surface area contributed by atoms with E-state index in [1.165, 1.54) is 0 Å². The zero-order chi connectivity index (χ0) is 10.7. The summed E-state index contributed by atoms with van der Waals surface area (Å²) in [6.07, 6.45) is 3.72. The van der Waals surface area contributed by atoms with Crippen LogP contribution in [0.5, 0.6) is 0 Å². The van der Waals surface area contributed by atoms with E-state index < -0.39 is 5.97 Å². The maximum absolute atomic E-state index is 10.9. The molecule has 0 amide bonds. The largest absolute Gasteiger partial charge is 0.481 e. The van der Waals surface area contributed by atoms with E-state index in [9.17, 15) is 4.79 Å². The number of hydrogen-bond donors (Lipinski definition) is 2. The van der Waals surface area contributed by atoms with Crippen LogP contribution in [0.1, 0.15) is 39.5 Å². The third-order valence-corrected chi connectivity index (χ3v) is 3.38. The highest BCUT2D eigenvalue weighted by atomic mass is 16.4. The van der Waals surface area contributed by atoms with Crippen molar-refractivity contribution in [2.45, 2.75) is 45.6 Å². The average molecular weight is 199 g/mol. The summed E-state index contributed by atoms with van der Waals surface area (Å²) in [4.78, 5) is 10.9. The second-order valence-corrected chi connectivity index (χ2v) is 4.78. The first-order valence-corrected chi connectivity index (χ1v) is 5.50. The minimum Gasteiger partial charge on any atom is -0.481 e. The van der Waals surface area contributed by atoms with E-state index >= 15 is 0 Å². The normalized spacial score (nSPS) is 30.3. The van der Waals surface area contributed by atoms with Crippen molar-refractivity contribution in [2.75, 3.05) is 0 Å². The van der Waals surface area contributed by atoms with Gasteiger partial charge in [0.2, 0.25) is 0 Å². The lowest BCUT2D eigenvalue weighted by molar-refractivity contribution is -0.143. The number of carboxylic acid groups (broad SMARTS) is 1. The molecule has 1 aliphatic carbocycles. The van der Waals surface area contributed by atoms with E-state index in [-0.39, 0.29) is 12.0 Å². The van der Waals surface area contributed by atoms with E-state index in [0.717, 1.165) is 25.7 Å². The van der Waals surface area contributed by atoms with Crippen LogP contribution in [0, 0.1) is 17.8 Å². The standard InChI is InChI=1S/C11H21NO2/c1-7(2)10(12)8-4-3-5-9(6-8)11(13)14/h7-10H,3-6,12H2,1-2H3,(H,13,14). The molecule has 0 saturated heterocycles. The molecule has 3 heteroatoms. The molecule has 1 rings (SSSR count). The number of nitrogens with two attached hydrogens (primary N) is 1. The molecule has 1 saturated carbocycles. The van der Waals surface area contributed by atoms with Crippen molar-refractivity contribution in [3.8, 4) is 0 Å². The molecular formula is C11H21NO2. The molecule has 14 heavy (non-hydrogen) atoms. The molecule has 0 aliphatic heterocycles. The van der Waals surface area contributed by atoms with Crippen molar-refractivity contribution >= 4 is 5.97 Å². The Hall–Kier alpha value is -0.570. The highest BCUT2D eigenvalue weighted by Crippen LogP contribution is 2.32. The molecule has 0 heterocycles. The zero-order valence-electron chi connectivity index (χ0n) is 9.07. The fraction of sp³-hybridized carbons (Fsp3) is 0.909.